The standard InChI is InChI=1S/C28H32O16/c1-9-18(32)21(35)23(37)27(40-9)44-26-20(34)17-13(31)6-11(41-28-24(38)22(36)19(33)16(8-29)43-28)7-15(17)42-25(26)10-3-4-12(30)14(5-10)39-2/h3-7,9,16,18-19,21-24,27-33,35-38H,8H2,1-2H3/t9-,16-,18-,19-,21-,22-,23-,24-,27-,28-/m0/s1. The van der Waals surface area contributed by atoms with Crippen LogP contribution in [-0.4, -0.2) is 121 Å². The Labute approximate surface area is 248 Å². The second-order valence-electron chi connectivity index (χ2n) is 10.4. The molecular weight excluding hydrogens is 592 g/mol. The molecule has 0 unspecified atom stereocenters. The molecule has 16 heteroatoms. The molecule has 2 aromatic carbocycles. The van der Waals surface area contributed by atoms with Crippen molar-refractivity contribution < 1.29 is 74.1 Å². The van der Waals surface area contributed by atoms with Crippen LogP contribution in [0.4, 0.5) is 0 Å². The van der Waals surface area contributed by atoms with Crippen molar-refractivity contribution in [3.8, 4) is 40.1 Å². The van der Waals surface area contributed by atoms with Crippen molar-refractivity contribution in [2.24, 2.45) is 0 Å². The smallest absolute Gasteiger partial charge is 0.239 e. The lowest BCUT2D eigenvalue weighted by Gasteiger charge is -2.39. The molecule has 2 fully saturated rings. The van der Waals surface area contributed by atoms with Gasteiger partial charge in [-0.05, 0) is 25.1 Å². The number of phenolic OH excluding ortho intramolecular Hbond substituents is 2. The number of fused-ring (bicyclic) bond motifs is 1. The third-order valence-corrected chi connectivity index (χ3v) is 7.49. The van der Waals surface area contributed by atoms with Gasteiger partial charge < -0.3 is 74.1 Å². The summed E-state index contributed by atoms with van der Waals surface area (Å²) in [5.74, 6) is -2.05. The van der Waals surface area contributed by atoms with Crippen molar-refractivity contribution >= 4 is 11.0 Å². The number of aliphatic hydroxyl groups excluding tert-OH is 7. The van der Waals surface area contributed by atoms with Crippen LogP contribution in [0.5, 0.6) is 28.7 Å². The summed E-state index contributed by atoms with van der Waals surface area (Å²) in [6.07, 6.45) is -15.7. The molecule has 0 spiro atoms. The number of aliphatic hydroxyl groups is 7. The number of benzene rings is 2. The lowest BCUT2D eigenvalue weighted by molar-refractivity contribution is -0.277. The number of aromatic hydroxyl groups is 2. The minimum Gasteiger partial charge on any atom is -0.507 e. The molecule has 5 rings (SSSR count). The van der Waals surface area contributed by atoms with E-state index in [-0.39, 0.29) is 34.2 Å². The monoisotopic (exact) mass is 624 g/mol. The highest BCUT2D eigenvalue weighted by Crippen LogP contribution is 2.40. The Morgan fingerprint density at radius 3 is 2.11 bits per heavy atom. The summed E-state index contributed by atoms with van der Waals surface area (Å²) in [5, 5.41) is 91.3. The molecule has 9 N–H and O–H groups in total. The van der Waals surface area contributed by atoms with Crippen molar-refractivity contribution in [1.29, 1.82) is 0 Å². The first-order chi connectivity index (χ1) is 20.9. The zero-order valence-electron chi connectivity index (χ0n) is 23.3. The van der Waals surface area contributed by atoms with Crippen LogP contribution in [-0.2, 0) is 9.47 Å². The Bertz CT molecular complexity index is 1550. The van der Waals surface area contributed by atoms with Crippen LogP contribution in [0.3, 0.4) is 0 Å². The Balaban J connectivity index is 1.61. The molecule has 2 aliphatic heterocycles. The van der Waals surface area contributed by atoms with Gasteiger partial charge in [-0.2, -0.15) is 0 Å². The molecule has 3 heterocycles. The first kappa shape index (κ1) is 31.7. The van der Waals surface area contributed by atoms with Gasteiger partial charge in [0.25, 0.3) is 0 Å². The van der Waals surface area contributed by atoms with Crippen molar-refractivity contribution in [3.63, 3.8) is 0 Å². The molecule has 2 saturated heterocycles. The number of phenols is 2. The van der Waals surface area contributed by atoms with Gasteiger partial charge in [0.05, 0.1) is 19.8 Å². The number of rotatable bonds is 7. The maximum absolute atomic E-state index is 13.8. The van der Waals surface area contributed by atoms with E-state index in [4.69, 9.17) is 28.1 Å². The number of hydrogen-bond donors (Lipinski definition) is 9. The largest absolute Gasteiger partial charge is 0.507 e. The molecule has 0 bridgehead atoms. The van der Waals surface area contributed by atoms with Gasteiger partial charge in [-0.1, -0.05) is 0 Å². The highest BCUT2D eigenvalue weighted by atomic mass is 16.7. The fraction of sp³-hybridized carbons (Fsp3) is 0.464. The summed E-state index contributed by atoms with van der Waals surface area (Å²) < 4.78 is 33.3. The van der Waals surface area contributed by atoms with E-state index in [1.54, 1.807) is 0 Å². The Kier molecular flexibility index (Phi) is 8.90. The molecule has 10 atom stereocenters. The molecule has 1 aromatic heterocycles. The summed E-state index contributed by atoms with van der Waals surface area (Å²) in [6, 6.07) is 6.02. The second kappa shape index (κ2) is 12.4. The lowest BCUT2D eigenvalue weighted by atomic mass is 9.99. The van der Waals surface area contributed by atoms with Gasteiger partial charge in [0.1, 0.15) is 65.2 Å². The summed E-state index contributed by atoms with van der Waals surface area (Å²) in [5.41, 5.74) is -1.13. The van der Waals surface area contributed by atoms with Gasteiger partial charge in [0, 0.05) is 17.7 Å². The zero-order chi connectivity index (χ0) is 32.0. The van der Waals surface area contributed by atoms with E-state index >= 15 is 0 Å². The topological polar surface area (TPSA) is 258 Å². The third-order valence-electron chi connectivity index (χ3n) is 7.49. The van der Waals surface area contributed by atoms with E-state index in [2.05, 4.69) is 0 Å². The molecule has 0 amide bonds. The van der Waals surface area contributed by atoms with Gasteiger partial charge >= 0.3 is 0 Å². The van der Waals surface area contributed by atoms with Gasteiger partial charge in [0.2, 0.25) is 23.8 Å². The summed E-state index contributed by atoms with van der Waals surface area (Å²) in [6.45, 7) is 0.701. The molecule has 2 aliphatic rings. The van der Waals surface area contributed by atoms with E-state index in [0.29, 0.717) is 0 Å². The van der Waals surface area contributed by atoms with E-state index in [9.17, 15) is 50.8 Å². The van der Waals surface area contributed by atoms with Crippen LogP contribution < -0.4 is 19.6 Å². The summed E-state index contributed by atoms with van der Waals surface area (Å²) in [4.78, 5) is 13.8. The zero-order valence-corrected chi connectivity index (χ0v) is 23.3. The van der Waals surface area contributed by atoms with Crippen molar-refractivity contribution in [1.82, 2.24) is 0 Å². The SMILES string of the molecule is COc1cc(-c2oc3cc(O[C@H]4O[C@@H](CO)[C@H](O)[C@H](O)[C@@H]4O)cc(O)c3c(=O)c2O[C@@H]2O[C@@H](C)[C@H](O)[C@H](O)[C@@H]2O)ccc1O. The second-order valence-corrected chi connectivity index (χ2v) is 10.4. The first-order valence-electron chi connectivity index (χ1n) is 13.4. The van der Waals surface area contributed by atoms with Crippen molar-refractivity contribution in [3.05, 3.63) is 40.6 Å². The van der Waals surface area contributed by atoms with Crippen LogP contribution in [0.1, 0.15) is 6.92 Å². The van der Waals surface area contributed by atoms with E-state index in [1.807, 2.05) is 0 Å². The predicted molar refractivity (Wildman–Crippen MR) is 145 cm³/mol. The minimum absolute atomic E-state index is 0.0140. The first-order valence-corrected chi connectivity index (χ1v) is 13.4. The lowest BCUT2D eigenvalue weighted by Crippen LogP contribution is -2.60. The highest BCUT2D eigenvalue weighted by molar-refractivity contribution is 5.88. The van der Waals surface area contributed by atoms with Crippen LogP contribution in [0.2, 0.25) is 0 Å². The average Bonchev–Trinajstić information content (AvgIpc) is 3.00. The predicted octanol–water partition coefficient (Wildman–Crippen LogP) is -1.74. The maximum atomic E-state index is 13.8. The quantitative estimate of drug-likeness (QED) is 0.141. The van der Waals surface area contributed by atoms with Crippen LogP contribution in [0.15, 0.2) is 39.5 Å². The van der Waals surface area contributed by atoms with Crippen molar-refractivity contribution in [2.75, 3.05) is 13.7 Å². The molecule has 0 saturated carbocycles. The number of methoxy groups -OCH3 is 1. The number of ether oxygens (including phenoxy) is 5. The van der Waals surface area contributed by atoms with Gasteiger partial charge in [-0.25, -0.2) is 0 Å². The third kappa shape index (κ3) is 5.63. The van der Waals surface area contributed by atoms with E-state index < -0.39 is 90.3 Å². The van der Waals surface area contributed by atoms with E-state index in [1.165, 1.54) is 32.2 Å². The molecule has 44 heavy (non-hydrogen) atoms. The van der Waals surface area contributed by atoms with Gasteiger partial charge in [-0.15, -0.1) is 0 Å². The van der Waals surface area contributed by atoms with Crippen LogP contribution >= 0.6 is 0 Å². The summed E-state index contributed by atoms with van der Waals surface area (Å²) >= 11 is 0. The normalized spacial score (nSPS) is 32.4. The molecule has 0 aliphatic carbocycles. The molecule has 0 radical (unpaired) electrons. The minimum atomic E-state index is -1.80. The van der Waals surface area contributed by atoms with Gasteiger partial charge in [-0.3, -0.25) is 4.79 Å². The van der Waals surface area contributed by atoms with E-state index in [0.717, 1.165) is 12.1 Å². The van der Waals surface area contributed by atoms with Gasteiger partial charge in [0.15, 0.2) is 17.3 Å². The maximum Gasteiger partial charge on any atom is 0.239 e. The molecule has 3 aromatic rings. The molecular formula is C28H32O16. The van der Waals surface area contributed by atoms with Crippen LogP contribution in [0, 0.1) is 0 Å². The van der Waals surface area contributed by atoms with Crippen molar-refractivity contribution in [2.45, 2.75) is 68.3 Å². The van der Waals surface area contributed by atoms with Crippen LogP contribution in [0.25, 0.3) is 22.3 Å². The summed E-state index contributed by atoms with van der Waals surface area (Å²) in [7, 11) is 1.29. The fourth-order valence-corrected chi connectivity index (χ4v) is 4.97. The highest BCUT2D eigenvalue weighted by Gasteiger charge is 2.45. The fourth-order valence-electron chi connectivity index (χ4n) is 4.97. The average molecular weight is 625 g/mol. The Hall–Kier alpha value is -3.71. The Morgan fingerprint density at radius 2 is 1.45 bits per heavy atom. The number of hydrogen-bond acceptors (Lipinski definition) is 16. The Morgan fingerprint density at radius 1 is 0.795 bits per heavy atom. The molecule has 240 valence electrons. The molecule has 16 nitrogen and oxygen atoms in total.